The number of carbonyl (C=O) groups excluding carboxylic acids is 2. The molecule has 0 aliphatic heterocycles. The van der Waals surface area contributed by atoms with Gasteiger partial charge in [-0.3, -0.25) is 4.79 Å². The summed E-state index contributed by atoms with van der Waals surface area (Å²) in [6.07, 6.45) is 6.65. The highest BCUT2D eigenvalue weighted by Crippen LogP contribution is 2.37. The van der Waals surface area contributed by atoms with Crippen molar-refractivity contribution in [2.75, 3.05) is 6.61 Å². The number of nitrogens with zero attached hydrogens (tertiary/aromatic N) is 1. The van der Waals surface area contributed by atoms with Gasteiger partial charge in [-0.2, -0.15) is 0 Å². The molecule has 3 rings (SSSR count). The summed E-state index contributed by atoms with van der Waals surface area (Å²) in [6.45, 7) is 4.73. The molecule has 0 unspecified atom stereocenters. The van der Waals surface area contributed by atoms with Gasteiger partial charge in [0.2, 0.25) is 0 Å². The Bertz CT molecular complexity index is 644. The fourth-order valence-corrected chi connectivity index (χ4v) is 4.18. The molecule has 2 aliphatic carbocycles. The molecule has 0 saturated heterocycles. The first kappa shape index (κ1) is 19.7. The van der Waals surface area contributed by atoms with Crippen molar-refractivity contribution in [3.05, 3.63) is 35.4 Å². The van der Waals surface area contributed by atoms with Crippen molar-refractivity contribution in [1.82, 2.24) is 4.90 Å². The molecule has 0 atom stereocenters. The van der Waals surface area contributed by atoms with Crippen molar-refractivity contribution < 1.29 is 14.3 Å². The van der Waals surface area contributed by atoms with Crippen LogP contribution in [-0.2, 0) is 4.74 Å². The molecular formula is C22H32N2O3. The molecule has 2 fully saturated rings. The monoisotopic (exact) mass is 372 g/mol. The van der Waals surface area contributed by atoms with Crippen molar-refractivity contribution >= 4 is 12.0 Å². The highest BCUT2D eigenvalue weighted by molar-refractivity contribution is 5.95. The maximum atomic E-state index is 13.2. The van der Waals surface area contributed by atoms with Crippen LogP contribution < -0.4 is 5.73 Å². The van der Waals surface area contributed by atoms with E-state index in [1.165, 1.54) is 5.56 Å². The fraction of sp³-hybridized carbons (Fsp3) is 0.636. The van der Waals surface area contributed by atoms with E-state index in [9.17, 15) is 9.59 Å². The minimum Gasteiger partial charge on any atom is -0.450 e. The smallest absolute Gasteiger partial charge is 0.404 e. The van der Waals surface area contributed by atoms with Crippen molar-refractivity contribution in [1.29, 1.82) is 0 Å². The first-order valence-electron chi connectivity index (χ1n) is 10.3. The molecule has 5 nitrogen and oxygen atoms in total. The van der Waals surface area contributed by atoms with E-state index in [4.69, 9.17) is 10.5 Å². The number of ether oxygens (including phenoxy) is 1. The minimum absolute atomic E-state index is 0.188. The van der Waals surface area contributed by atoms with Gasteiger partial charge in [-0.25, -0.2) is 4.79 Å². The van der Waals surface area contributed by atoms with Crippen LogP contribution in [0.1, 0.15) is 80.6 Å². The maximum absolute atomic E-state index is 13.2. The second-order valence-corrected chi connectivity index (χ2v) is 8.35. The number of primary amides is 1. The number of carbonyl (C=O) groups is 2. The summed E-state index contributed by atoms with van der Waals surface area (Å²) in [5.41, 5.74) is 7.09. The third kappa shape index (κ3) is 5.24. The standard InChI is InChI=1S/C22H32N2O3/c1-15(2)17-5-7-18(8-6-17)21(25)24(20-11-12-20)19-9-3-16(4-10-19)13-14-27-22(23)26/h5-8,15-16,19-20H,3-4,9-14H2,1-2H3,(H2,23,26)/t16-,19-. The summed E-state index contributed by atoms with van der Waals surface area (Å²) < 4.78 is 4.86. The van der Waals surface area contributed by atoms with Gasteiger partial charge >= 0.3 is 6.09 Å². The Morgan fingerprint density at radius 1 is 1.04 bits per heavy atom. The van der Waals surface area contributed by atoms with Crippen LogP contribution in [0.2, 0.25) is 0 Å². The lowest BCUT2D eigenvalue weighted by molar-refractivity contribution is 0.0574. The maximum Gasteiger partial charge on any atom is 0.404 e. The summed E-state index contributed by atoms with van der Waals surface area (Å²) >= 11 is 0. The van der Waals surface area contributed by atoms with Crippen molar-refractivity contribution in [2.45, 2.75) is 76.8 Å². The fourth-order valence-electron chi connectivity index (χ4n) is 4.18. The molecule has 1 aromatic carbocycles. The number of hydrogen-bond acceptors (Lipinski definition) is 3. The van der Waals surface area contributed by atoms with Crippen molar-refractivity contribution in [2.24, 2.45) is 11.7 Å². The zero-order valence-corrected chi connectivity index (χ0v) is 16.5. The number of hydrogen-bond donors (Lipinski definition) is 1. The number of rotatable bonds is 7. The van der Waals surface area contributed by atoms with Crippen LogP contribution in [0.25, 0.3) is 0 Å². The summed E-state index contributed by atoms with van der Waals surface area (Å²) in [6, 6.07) is 8.89. The number of nitrogens with two attached hydrogens (primary N) is 1. The Morgan fingerprint density at radius 2 is 1.59 bits per heavy atom. The molecule has 2 aliphatic rings. The molecular weight excluding hydrogens is 340 g/mol. The van der Waals surface area contributed by atoms with Crippen molar-refractivity contribution in [3.8, 4) is 0 Å². The van der Waals surface area contributed by atoms with Gasteiger partial charge in [0.1, 0.15) is 0 Å². The normalized spacial score (nSPS) is 22.5. The van der Waals surface area contributed by atoms with Gasteiger partial charge < -0.3 is 15.4 Å². The zero-order valence-electron chi connectivity index (χ0n) is 16.5. The Hall–Kier alpha value is -2.04. The minimum atomic E-state index is -0.697. The second kappa shape index (κ2) is 8.77. The largest absolute Gasteiger partial charge is 0.450 e. The molecule has 0 spiro atoms. The van der Waals surface area contributed by atoms with Gasteiger partial charge in [0.25, 0.3) is 5.91 Å². The third-order valence-corrected chi connectivity index (χ3v) is 5.98. The van der Waals surface area contributed by atoms with Crippen LogP contribution >= 0.6 is 0 Å². The Morgan fingerprint density at radius 3 is 2.07 bits per heavy atom. The van der Waals surface area contributed by atoms with E-state index in [1.54, 1.807) is 0 Å². The lowest BCUT2D eigenvalue weighted by Crippen LogP contribution is -2.44. The van der Waals surface area contributed by atoms with Crippen LogP contribution in [0.5, 0.6) is 0 Å². The van der Waals surface area contributed by atoms with E-state index in [0.717, 1.165) is 50.5 Å². The van der Waals surface area contributed by atoms with Crippen LogP contribution in [0, 0.1) is 5.92 Å². The molecule has 0 aromatic heterocycles. The van der Waals surface area contributed by atoms with E-state index < -0.39 is 6.09 Å². The van der Waals surface area contributed by atoms with Gasteiger partial charge in [-0.15, -0.1) is 0 Å². The average Bonchev–Trinajstić information content (AvgIpc) is 3.48. The third-order valence-electron chi connectivity index (χ3n) is 5.98. The zero-order chi connectivity index (χ0) is 19.4. The van der Waals surface area contributed by atoms with Crippen LogP contribution in [0.3, 0.4) is 0 Å². The number of amides is 2. The molecule has 1 aromatic rings. The first-order chi connectivity index (χ1) is 13.0. The summed E-state index contributed by atoms with van der Waals surface area (Å²) in [5, 5.41) is 0. The molecule has 2 amide bonds. The van der Waals surface area contributed by atoms with Gasteiger partial charge in [0.15, 0.2) is 0 Å². The molecule has 0 heterocycles. The summed E-state index contributed by atoms with van der Waals surface area (Å²) in [5.74, 6) is 1.22. The van der Waals surface area contributed by atoms with E-state index in [-0.39, 0.29) is 5.91 Å². The Labute approximate surface area is 162 Å². The first-order valence-corrected chi connectivity index (χ1v) is 10.3. The predicted octanol–water partition coefficient (Wildman–Crippen LogP) is 4.46. The quantitative estimate of drug-likeness (QED) is 0.768. The van der Waals surface area contributed by atoms with E-state index >= 15 is 0 Å². The van der Waals surface area contributed by atoms with Crippen LogP contribution in [0.4, 0.5) is 4.79 Å². The predicted molar refractivity (Wildman–Crippen MR) is 106 cm³/mol. The lowest BCUT2D eigenvalue weighted by Gasteiger charge is -2.37. The Balaban J connectivity index is 1.58. The molecule has 2 N–H and O–H groups in total. The second-order valence-electron chi connectivity index (χ2n) is 8.35. The number of benzene rings is 1. The molecule has 5 heteroatoms. The van der Waals surface area contributed by atoms with E-state index in [0.29, 0.717) is 30.5 Å². The van der Waals surface area contributed by atoms with Gasteiger partial charge in [-0.1, -0.05) is 26.0 Å². The topological polar surface area (TPSA) is 72.6 Å². The lowest BCUT2D eigenvalue weighted by atomic mass is 9.83. The molecule has 0 radical (unpaired) electrons. The highest BCUT2D eigenvalue weighted by atomic mass is 16.5. The molecule has 2 saturated carbocycles. The molecule has 27 heavy (non-hydrogen) atoms. The molecule has 0 bridgehead atoms. The molecule has 148 valence electrons. The van der Waals surface area contributed by atoms with Crippen LogP contribution in [-0.4, -0.2) is 35.6 Å². The summed E-state index contributed by atoms with van der Waals surface area (Å²) in [7, 11) is 0. The SMILES string of the molecule is CC(C)c1ccc(C(=O)N(C2CC2)[C@H]2CC[C@H](CCOC(N)=O)CC2)cc1. The van der Waals surface area contributed by atoms with E-state index in [2.05, 4.69) is 30.9 Å². The summed E-state index contributed by atoms with van der Waals surface area (Å²) in [4.78, 5) is 26.0. The van der Waals surface area contributed by atoms with Gasteiger partial charge in [0.05, 0.1) is 6.61 Å². The van der Waals surface area contributed by atoms with E-state index in [1.807, 2.05) is 12.1 Å². The van der Waals surface area contributed by atoms with Crippen molar-refractivity contribution in [3.63, 3.8) is 0 Å². The van der Waals surface area contributed by atoms with Gasteiger partial charge in [-0.05, 0) is 74.5 Å². The highest BCUT2D eigenvalue weighted by Gasteiger charge is 2.39. The average molecular weight is 373 g/mol. The Kier molecular flexibility index (Phi) is 6.40. The van der Waals surface area contributed by atoms with Crippen LogP contribution in [0.15, 0.2) is 24.3 Å². The van der Waals surface area contributed by atoms with Gasteiger partial charge in [0, 0.05) is 17.6 Å².